The van der Waals surface area contributed by atoms with Gasteiger partial charge in [0.2, 0.25) is 0 Å². The van der Waals surface area contributed by atoms with Crippen LogP contribution in [0.3, 0.4) is 0 Å². The van der Waals surface area contributed by atoms with Gasteiger partial charge in [-0.05, 0) is 33.9 Å². The number of epoxide rings is 1. The second-order valence-electron chi connectivity index (χ2n) is 6.90. The van der Waals surface area contributed by atoms with Crippen molar-refractivity contribution >= 4 is 6.08 Å². The second kappa shape index (κ2) is 6.15. The number of benzene rings is 3. The third kappa shape index (κ3) is 2.63. The Bertz CT molecular complexity index is 999. The minimum Gasteiger partial charge on any atom is -0.490 e. The SMILES string of the molecule is C=Cc1cccc(-c2ccc3c(c2OCC2CO2)Cc2ccccc2-3)c1. The number of hydrogen-bond acceptors (Lipinski definition) is 2. The van der Waals surface area contributed by atoms with Crippen LogP contribution in [-0.2, 0) is 11.2 Å². The van der Waals surface area contributed by atoms with Gasteiger partial charge >= 0.3 is 0 Å². The van der Waals surface area contributed by atoms with Gasteiger partial charge in [-0.15, -0.1) is 0 Å². The Morgan fingerprint density at radius 1 is 1.00 bits per heavy atom. The van der Waals surface area contributed by atoms with E-state index >= 15 is 0 Å². The zero-order chi connectivity index (χ0) is 17.5. The molecule has 1 fully saturated rings. The molecule has 2 aliphatic rings. The molecule has 0 amide bonds. The first-order valence-corrected chi connectivity index (χ1v) is 9.05. The number of ether oxygens (including phenoxy) is 2. The van der Waals surface area contributed by atoms with E-state index in [9.17, 15) is 0 Å². The molecule has 0 bridgehead atoms. The molecule has 1 aliphatic heterocycles. The van der Waals surface area contributed by atoms with Gasteiger partial charge in [0.1, 0.15) is 18.5 Å². The number of fused-ring (bicyclic) bond motifs is 3. The van der Waals surface area contributed by atoms with E-state index in [1.54, 1.807) is 0 Å². The van der Waals surface area contributed by atoms with Crippen LogP contribution in [0.15, 0.2) is 67.2 Å². The Balaban J connectivity index is 1.65. The lowest BCUT2D eigenvalue weighted by Gasteiger charge is -2.16. The fraction of sp³-hybridized carbons (Fsp3) is 0.167. The van der Waals surface area contributed by atoms with E-state index in [1.165, 1.54) is 22.3 Å². The van der Waals surface area contributed by atoms with E-state index in [0.717, 1.165) is 35.5 Å². The third-order valence-electron chi connectivity index (χ3n) is 5.18. The molecule has 26 heavy (non-hydrogen) atoms. The summed E-state index contributed by atoms with van der Waals surface area (Å²) in [5.74, 6) is 0.996. The van der Waals surface area contributed by atoms with Crippen LogP contribution in [0.2, 0.25) is 0 Å². The lowest BCUT2D eigenvalue weighted by Crippen LogP contribution is -2.07. The molecule has 0 N–H and O–H groups in total. The highest BCUT2D eigenvalue weighted by Gasteiger charge is 2.27. The van der Waals surface area contributed by atoms with Crippen LogP contribution >= 0.6 is 0 Å². The molecular weight excluding hydrogens is 320 g/mol. The summed E-state index contributed by atoms with van der Waals surface area (Å²) in [6.07, 6.45) is 3.04. The molecular formula is C24H20O2. The third-order valence-corrected chi connectivity index (χ3v) is 5.18. The molecule has 2 heteroatoms. The van der Waals surface area contributed by atoms with Crippen molar-refractivity contribution in [2.24, 2.45) is 0 Å². The minimum absolute atomic E-state index is 0.238. The average Bonchev–Trinajstić information content (AvgIpc) is 3.44. The van der Waals surface area contributed by atoms with Crippen LogP contribution in [0.4, 0.5) is 0 Å². The van der Waals surface area contributed by atoms with Gasteiger partial charge in [-0.25, -0.2) is 0 Å². The molecule has 1 unspecified atom stereocenters. The standard InChI is InChI=1S/C24H20O2/c1-2-16-6-5-8-17(12-16)21-10-11-22-20-9-4-3-7-18(20)13-23(22)24(21)26-15-19-14-25-19/h2-12,19H,1,13-15H2. The highest BCUT2D eigenvalue weighted by molar-refractivity contribution is 5.85. The highest BCUT2D eigenvalue weighted by atomic mass is 16.6. The van der Waals surface area contributed by atoms with Gasteiger partial charge in [0.05, 0.1) is 6.61 Å². The van der Waals surface area contributed by atoms with Gasteiger partial charge in [0.15, 0.2) is 0 Å². The fourth-order valence-corrected chi connectivity index (χ4v) is 3.75. The van der Waals surface area contributed by atoms with E-state index < -0.39 is 0 Å². The van der Waals surface area contributed by atoms with Crippen molar-refractivity contribution < 1.29 is 9.47 Å². The Kier molecular flexibility index (Phi) is 3.65. The number of hydrogen-bond donors (Lipinski definition) is 0. The monoisotopic (exact) mass is 340 g/mol. The van der Waals surface area contributed by atoms with Crippen LogP contribution in [0, 0.1) is 0 Å². The summed E-state index contributed by atoms with van der Waals surface area (Å²) >= 11 is 0. The van der Waals surface area contributed by atoms with Crippen LogP contribution in [0.25, 0.3) is 28.3 Å². The van der Waals surface area contributed by atoms with Crippen molar-refractivity contribution in [3.63, 3.8) is 0 Å². The van der Waals surface area contributed by atoms with E-state index in [2.05, 4.69) is 67.2 Å². The molecule has 3 aromatic carbocycles. The van der Waals surface area contributed by atoms with Gasteiger partial charge in [-0.3, -0.25) is 0 Å². The van der Waals surface area contributed by atoms with Gasteiger partial charge in [-0.1, -0.05) is 67.3 Å². The Labute approximate surface area is 153 Å². The maximum absolute atomic E-state index is 6.31. The first-order chi connectivity index (χ1) is 12.8. The van der Waals surface area contributed by atoms with Crippen LogP contribution in [0.5, 0.6) is 5.75 Å². The Morgan fingerprint density at radius 2 is 1.85 bits per heavy atom. The molecule has 2 nitrogen and oxygen atoms in total. The fourth-order valence-electron chi connectivity index (χ4n) is 3.75. The zero-order valence-electron chi connectivity index (χ0n) is 14.6. The summed E-state index contributed by atoms with van der Waals surface area (Å²) in [6.45, 7) is 5.31. The van der Waals surface area contributed by atoms with Crippen LogP contribution in [-0.4, -0.2) is 19.3 Å². The largest absolute Gasteiger partial charge is 0.490 e. The van der Waals surface area contributed by atoms with Crippen molar-refractivity contribution in [3.8, 4) is 28.0 Å². The summed E-state index contributed by atoms with van der Waals surface area (Å²) in [4.78, 5) is 0. The normalized spacial score (nSPS) is 16.7. The van der Waals surface area contributed by atoms with Crippen LogP contribution < -0.4 is 4.74 Å². The summed E-state index contributed by atoms with van der Waals surface area (Å²) in [6, 6.07) is 21.5. The number of rotatable bonds is 5. The van der Waals surface area contributed by atoms with Crippen molar-refractivity contribution in [1.29, 1.82) is 0 Å². The second-order valence-corrected chi connectivity index (χ2v) is 6.90. The molecule has 0 aromatic heterocycles. The van der Waals surface area contributed by atoms with Gasteiger partial charge in [-0.2, -0.15) is 0 Å². The minimum atomic E-state index is 0.238. The summed E-state index contributed by atoms with van der Waals surface area (Å²) in [5.41, 5.74) is 8.68. The first kappa shape index (κ1) is 15.4. The van der Waals surface area contributed by atoms with E-state index in [4.69, 9.17) is 9.47 Å². The average molecular weight is 340 g/mol. The maximum Gasteiger partial charge on any atom is 0.131 e. The highest BCUT2D eigenvalue weighted by Crippen LogP contribution is 2.46. The molecule has 1 saturated heterocycles. The summed E-state index contributed by atoms with van der Waals surface area (Å²) in [7, 11) is 0. The topological polar surface area (TPSA) is 21.8 Å². The lowest BCUT2D eigenvalue weighted by molar-refractivity contribution is 0.262. The maximum atomic E-state index is 6.31. The predicted octanol–water partition coefficient (Wildman–Crippen LogP) is 5.35. The van der Waals surface area contributed by atoms with Gasteiger partial charge < -0.3 is 9.47 Å². The summed E-state index contributed by atoms with van der Waals surface area (Å²) in [5, 5.41) is 0. The smallest absolute Gasteiger partial charge is 0.131 e. The Hall–Kier alpha value is -2.84. The van der Waals surface area contributed by atoms with Gasteiger partial charge in [0.25, 0.3) is 0 Å². The molecule has 128 valence electrons. The van der Waals surface area contributed by atoms with Crippen molar-refractivity contribution in [1.82, 2.24) is 0 Å². The first-order valence-electron chi connectivity index (χ1n) is 9.05. The lowest BCUT2D eigenvalue weighted by atomic mass is 9.96. The Morgan fingerprint density at radius 3 is 2.69 bits per heavy atom. The molecule has 5 rings (SSSR count). The molecule has 3 aromatic rings. The van der Waals surface area contributed by atoms with Crippen molar-refractivity contribution in [2.75, 3.05) is 13.2 Å². The van der Waals surface area contributed by atoms with Gasteiger partial charge in [0, 0.05) is 17.5 Å². The van der Waals surface area contributed by atoms with Crippen LogP contribution in [0.1, 0.15) is 16.7 Å². The van der Waals surface area contributed by atoms with E-state index in [0.29, 0.717) is 6.61 Å². The van der Waals surface area contributed by atoms with E-state index in [1.807, 2.05) is 6.08 Å². The quantitative estimate of drug-likeness (QED) is 0.457. The molecule has 0 radical (unpaired) electrons. The van der Waals surface area contributed by atoms with E-state index in [-0.39, 0.29) is 6.10 Å². The molecule has 1 aliphatic carbocycles. The molecule has 0 saturated carbocycles. The molecule has 0 spiro atoms. The van der Waals surface area contributed by atoms with Crippen molar-refractivity contribution in [3.05, 3.63) is 83.9 Å². The molecule has 1 heterocycles. The zero-order valence-corrected chi connectivity index (χ0v) is 14.6. The van der Waals surface area contributed by atoms with Crippen molar-refractivity contribution in [2.45, 2.75) is 12.5 Å². The predicted molar refractivity (Wildman–Crippen MR) is 105 cm³/mol. The molecule has 1 atom stereocenters. The summed E-state index contributed by atoms with van der Waals surface area (Å²) < 4.78 is 11.7.